The molecule has 1 rings (SSSR count). The van der Waals surface area contributed by atoms with Crippen LogP contribution < -0.4 is 5.32 Å². The molecule has 0 saturated carbocycles. The fourth-order valence-electron chi connectivity index (χ4n) is 2.01. The van der Waals surface area contributed by atoms with Gasteiger partial charge in [-0.25, -0.2) is 0 Å². The van der Waals surface area contributed by atoms with Crippen molar-refractivity contribution in [3.63, 3.8) is 0 Å². The second kappa shape index (κ2) is 7.66. The minimum Gasteiger partial charge on any atom is -0.313 e. The predicted octanol–water partition coefficient (Wildman–Crippen LogP) is 3.81. The Labute approximate surface area is 119 Å². The van der Waals surface area contributed by atoms with E-state index in [1.807, 2.05) is 0 Å². The first-order valence-corrected chi connectivity index (χ1v) is 7.49. The molecule has 0 aromatic heterocycles. The molecule has 0 radical (unpaired) electrons. The molecule has 0 fully saturated rings. The SMILES string of the molecule is CCCNCc1cccc(CN(C)C(C)(C)CC)c1. The maximum Gasteiger partial charge on any atom is 0.0236 e. The number of hydrogen-bond acceptors (Lipinski definition) is 2. The van der Waals surface area contributed by atoms with E-state index in [1.165, 1.54) is 24.0 Å². The van der Waals surface area contributed by atoms with Gasteiger partial charge in [-0.3, -0.25) is 4.90 Å². The van der Waals surface area contributed by atoms with Gasteiger partial charge in [0.2, 0.25) is 0 Å². The fourth-order valence-corrected chi connectivity index (χ4v) is 2.01. The number of hydrogen-bond donors (Lipinski definition) is 1. The van der Waals surface area contributed by atoms with Crippen molar-refractivity contribution in [3.05, 3.63) is 35.4 Å². The summed E-state index contributed by atoms with van der Waals surface area (Å²) in [5.74, 6) is 0. The van der Waals surface area contributed by atoms with Crippen LogP contribution in [-0.2, 0) is 13.1 Å². The molecule has 0 amide bonds. The van der Waals surface area contributed by atoms with E-state index >= 15 is 0 Å². The Bertz CT molecular complexity index is 371. The molecule has 2 nitrogen and oxygen atoms in total. The molecule has 1 N–H and O–H groups in total. The van der Waals surface area contributed by atoms with Crippen LogP contribution in [0.3, 0.4) is 0 Å². The van der Waals surface area contributed by atoms with E-state index in [9.17, 15) is 0 Å². The molecular formula is C17H30N2. The number of nitrogens with one attached hydrogen (secondary N) is 1. The Morgan fingerprint density at radius 1 is 1.16 bits per heavy atom. The van der Waals surface area contributed by atoms with Crippen LogP contribution in [-0.4, -0.2) is 24.0 Å². The largest absolute Gasteiger partial charge is 0.313 e. The number of benzene rings is 1. The number of nitrogens with zero attached hydrogens (tertiary/aromatic N) is 1. The summed E-state index contributed by atoms with van der Waals surface area (Å²) in [5, 5.41) is 3.46. The van der Waals surface area contributed by atoms with Crippen LogP contribution in [0, 0.1) is 0 Å². The molecule has 0 unspecified atom stereocenters. The Hall–Kier alpha value is -0.860. The zero-order valence-corrected chi connectivity index (χ0v) is 13.3. The van der Waals surface area contributed by atoms with Crippen molar-refractivity contribution in [1.29, 1.82) is 0 Å². The molecule has 0 saturated heterocycles. The summed E-state index contributed by atoms with van der Waals surface area (Å²) in [4.78, 5) is 2.44. The zero-order chi connectivity index (χ0) is 14.3. The van der Waals surface area contributed by atoms with Gasteiger partial charge in [0.1, 0.15) is 0 Å². The smallest absolute Gasteiger partial charge is 0.0236 e. The lowest BCUT2D eigenvalue weighted by atomic mass is 9.99. The fraction of sp³-hybridized carbons (Fsp3) is 0.647. The molecule has 0 atom stereocenters. The molecule has 2 heteroatoms. The molecule has 108 valence electrons. The van der Waals surface area contributed by atoms with Crippen molar-refractivity contribution in [2.75, 3.05) is 13.6 Å². The molecule has 1 aromatic carbocycles. The number of rotatable bonds is 8. The van der Waals surface area contributed by atoms with Crippen molar-refractivity contribution in [2.45, 2.75) is 59.2 Å². The molecule has 0 aliphatic rings. The molecule has 0 heterocycles. The van der Waals surface area contributed by atoms with Crippen molar-refractivity contribution >= 4 is 0 Å². The first kappa shape index (κ1) is 16.2. The van der Waals surface area contributed by atoms with Gasteiger partial charge in [0, 0.05) is 18.6 Å². The highest BCUT2D eigenvalue weighted by Crippen LogP contribution is 2.19. The third kappa shape index (κ3) is 5.33. The van der Waals surface area contributed by atoms with Crippen LogP contribution in [0.4, 0.5) is 0 Å². The minimum absolute atomic E-state index is 0.260. The molecule has 19 heavy (non-hydrogen) atoms. The highest BCUT2D eigenvalue weighted by molar-refractivity contribution is 5.23. The highest BCUT2D eigenvalue weighted by atomic mass is 15.2. The molecule has 0 aliphatic heterocycles. The lowest BCUT2D eigenvalue weighted by molar-refractivity contribution is 0.143. The van der Waals surface area contributed by atoms with Gasteiger partial charge >= 0.3 is 0 Å². The summed E-state index contributed by atoms with van der Waals surface area (Å²) in [7, 11) is 2.21. The van der Waals surface area contributed by atoms with Gasteiger partial charge < -0.3 is 5.32 Å². The zero-order valence-electron chi connectivity index (χ0n) is 13.3. The van der Waals surface area contributed by atoms with Crippen LogP contribution in [0.2, 0.25) is 0 Å². The van der Waals surface area contributed by atoms with Gasteiger partial charge in [-0.15, -0.1) is 0 Å². The summed E-state index contributed by atoms with van der Waals surface area (Å²) < 4.78 is 0. The Kier molecular flexibility index (Phi) is 6.53. The van der Waals surface area contributed by atoms with Crippen LogP contribution in [0.15, 0.2) is 24.3 Å². The van der Waals surface area contributed by atoms with Crippen molar-refractivity contribution in [1.82, 2.24) is 10.2 Å². The van der Waals surface area contributed by atoms with E-state index in [4.69, 9.17) is 0 Å². The molecule has 1 aromatic rings. The van der Waals surface area contributed by atoms with Gasteiger partial charge in [0.05, 0.1) is 0 Å². The molecule has 0 spiro atoms. The van der Waals surface area contributed by atoms with Crippen molar-refractivity contribution in [3.8, 4) is 0 Å². The van der Waals surface area contributed by atoms with E-state index in [1.54, 1.807) is 0 Å². The van der Waals surface area contributed by atoms with Crippen LogP contribution in [0.5, 0.6) is 0 Å². The third-order valence-corrected chi connectivity index (χ3v) is 4.07. The van der Waals surface area contributed by atoms with E-state index in [2.05, 4.69) is 69.2 Å². The topological polar surface area (TPSA) is 15.3 Å². The van der Waals surface area contributed by atoms with Crippen molar-refractivity contribution < 1.29 is 0 Å². The lowest BCUT2D eigenvalue weighted by Crippen LogP contribution is -2.39. The summed E-state index contributed by atoms with van der Waals surface area (Å²) in [5.41, 5.74) is 3.05. The second-order valence-corrected chi connectivity index (χ2v) is 6.02. The highest BCUT2D eigenvalue weighted by Gasteiger charge is 2.20. The van der Waals surface area contributed by atoms with Crippen molar-refractivity contribution in [2.24, 2.45) is 0 Å². The van der Waals surface area contributed by atoms with Gasteiger partial charge in [0.15, 0.2) is 0 Å². The first-order valence-electron chi connectivity index (χ1n) is 7.49. The molecule has 0 bridgehead atoms. The summed E-state index contributed by atoms with van der Waals surface area (Å²) in [6.45, 7) is 12.1. The second-order valence-electron chi connectivity index (χ2n) is 6.02. The van der Waals surface area contributed by atoms with Gasteiger partial charge in [-0.2, -0.15) is 0 Å². The lowest BCUT2D eigenvalue weighted by Gasteiger charge is -2.35. The van der Waals surface area contributed by atoms with Crippen LogP contribution >= 0.6 is 0 Å². The molecule has 0 aliphatic carbocycles. The minimum atomic E-state index is 0.260. The van der Waals surface area contributed by atoms with Gasteiger partial charge in [-0.05, 0) is 51.4 Å². The van der Waals surface area contributed by atoms with E-state index in [-0.39, 0.29) is 5.54 Å². The standard InChI is InChI=1S/C17H30N2/c1-6-11-18-13-15-9-8-10-16(12-15)14-19(5)17(3,4)7-2/h8-10,12,18H,6-7,11,13-14H2,1-5H3. The normalized spacial score (nSPS) is 12.1. The summed E-state index contributed by atoms with van der Waals surface area (Å²) in [6.07, 6.45) is 2.36. The van der Waals surface area contributed by atoms with E-state index in [0.717, 1.165) is 19.6 Å². The van der Waals surface area contributed by atoms with Gasteiger partial charge in [-0.1, -0.05) is 38.1 Å². The average molecular weight is 262 g/mol. The Morgan fingerprint density at radius 3 is 2.47 bits per heavy atom. The molecular weight excluding hydrogens is 232 g/mol. The van der Waals surface area contributed by atoms with E-state index in [0.29, 0.717) is 0 Å². The van der Waals surface area contributed by atoms with E-state index < -0.39 is 0 Å². The monoisotopic (exact) mass is 262 g/mol. The first-order chi connectivity index (χ1) is 8.99. The predicted molar refractivity (Wildman–Crippen MR) is 84.3 cm³/mol. The Balaban J connectivity index is 2.61. The maximum absolute atomic E-state index is 3.46. The van der Waals surface area contributed by atoms with Crippen LogP contribution in [0.1, 0.15) is 51.7 Å². The Morgan fingerprint density at radius 2 is 1.84 bits per heavy atom. The van der Waals surface area contributed by atoms with Crippen LogP contribution in [0.25, 0.3) is 0 Å². The maximum atomic E-state index is 3.46. The quantitative estimate of drug-likeness (QED) is 0.717. The van der Waals surface area contributed by atoms with Gasteiger partial charge in [0.25, 0.3) is 0 Å². The summed E-state index contributed by atoms with van der Waals surface area (Å²) in [6, 6.07) is 8.93. The average Bonchev–Trinajstić information content (AvgIpc) is 2.39. The summed E-state index contributed by atoms with van der Waals surface area (Å²) >= 11 is 0. The third-order valence-electron chi connectivity index (χ3n) is 4.07.